The van der Waals surface area contributed by atoms with Gasteiger partial charge in [0.2, 0.25) is 0 Å². The molecule has 5 nitrogen and oxygen atoms in total. The fourth-order valence-corrected chi connectivity index (χ4v) is 3.78. The Morgan fingerprint density at radius 1 is 1.08 bits per heavy atom. The number of carbonyl (C=O) groups excluding carboxylic acids is 2. The zero-order valence-corrected chi connectivity index (χ0v) is 17.0. The van der Waals surface area contributed by atoms with E-state index in [1.807, 2.05) is 12.2 Å². The van der Waals surface area contributed by atoms with E-state index in [0.29, 0.717) is 6.42 Å². The number of rotatable bonds is 7. The van der Waals surface area contributed by atoms with E-state index in [-0.39, 0.29) is 30.3 Å². The molecule has 0 unspecified atom stereocenters. The van der Waals surface area contributed by atoms with Crippen LogP contribution in [0, 0.1) is 11.8 Å². The molecule has 1 aliphatic carbocycles. The van der Waals surface area contributed by atoms with E-state index in [9.17, 15) is 9.59 Å². The highest BCUT2D eigenvalue weighted by atomic mass is 28.4. The third-order valence-electron chi connectivity index (χ3n) is 4.84. The Balaban J connectivity index is 2.82. The third-order valence-corrected chi connectivity index (χ3v) is 9.34. The molecule has 138 valence electrons. The summed E-state index contributed by atoms with van der Waals surface area (Å²) in [6, 6.07) is 0. The van der Waals surface area contributed by atoms with Crippen LogP contribution in [0.5, 0.6) is 0 Å². The molecule has 2 atom stereocenters. The Hall–Kier alpha value is -1.14. The molecule has 0 bridgehead atoms. The fourth-order valence-electron chi connectivity index (χ4n) is 2.49. The summed E-state index contributed by atoms with van der Waals surface area (Å²) in [5.41, 5.74) is 0. The normalized spacial score (nSPS) is 21.2. The first-order valence-corrected chi connectivity index (χ1v) is 11.6. The number of hydrogen-bond acceptors (Lipinski definition) is 5. The summed E-state index contributed by atoms with van der Waals surface area (Å²) >= 11 is 0. The second-order valence-corrected chi connectivity index (χ2v) is 12.4. The summed E-state index contributed by atoms with van der Waals surface area (Å²) in [7, 11) is -1.90. The Labute approximate surface area is 146 Å². The van der Waals surface area contributed by atoms with Gasteiger partial charge in [0, 0.05) is 5.92 Å². The van der Waals surface area contributed by atoms with Gasteiger partial charge in [0.1, 0.15) is 0 Å². The molecule has 0 aliphatic heterocycles. The molecule has 24 heavy (non-hydrogen) atoms. The van der Waals surface area contributed by atoms with Crippen molar-refractivity contribution < 1.29 is 23.5 Å². The van der Waals surface area contributed by atoms with Crippen molar-refractivity contribution in [2.75, 3.05) is 13.2 Å². The van der Waals surface area contributed by atoms with E-state index < -0.39 is 26.2 Å². The first-order valence-electron chi connectivity index (χ1n) is 8.73. The molecule has 0 amide bonds. The van der Waals surface area contributed by atoms with Crippen LogP contribution in [0.2, 0.25) is 18.1 Å². The molecule has 0 aromatic rings. The van der Waals surface area contributed by atoms with Crippen molar-refractivity contribution in [1.29, 1.82) is 0 Å². The molecule has 1 rings (SSSR count). The lowest BCUT2D eigenvalue weighted by atomic mass is 9.91. The monoisotopic (exact) mass is 356 g/mol. The second-order valence-electron chi connectivity index (χ2n) is 7.68. The Morgan fingerprint density at radius 2 is 1.58 bits per heavy atom. The van der Waals surface area contributed by atoms with E-state index in [1.54, 1.807) is 13.8 Å². The zero-order valence-electron chi connectivity index (χ0n) is 16.0. The van der Waals surface area contributed by atoms with Gasteiger partial charge in [0.05, 0.1) is 19.3 Å². The average Bonchev–Trinajstić information content (AvgIpc) is 2.85. The molecule has 0 saturated heterocycles. The maximum Gasteiger partial charge on any atom is 0.320 e. The summed E-state index contributed by atoms with van der Waals surface area (Å²) in [5, 5.41) is 0.112. The highest BCUT2D eigenvalue weighted by Crippen LogP contribution is 2.40. The van der Waals surface area contributed by atoms with Crippen LogP contribution in [0.4, 0.5) is 0 Å². The second kappa shape index (κ2) is 8.29. The highest BCUT2D eigenvalue weighted by Gasteiger charge is 2.43. The minimum Gasteiger partial charge on any atom is -0.465 e. The number of carbonyl (C=O) groups is 2. The summed E-state index contributed by atoms with van der Waals surface area (Å²) < 4.78 is 16.5. The summed E-state index contributed by atoms with van der Waals surface area (Å²) in [4.78, 5) is 24.4. The Kier molecular flexibility index (Phi) is 7.22. The molecule has 0 heterocycles. The van der Waals surface area contributed by atoms with Crippen LogP contribution in [0.25, 0.3) is 0 Å². The van der Waals surface area contributed by atoms with Crippen LogP contribution in [0.15, 0.2) is 12.2 Å². The van der Waals surface area contributed by atoms with E-state index in [2.05, 4.69) is 33.9 Å². The molecule has 6 heteroatoms. The Bertz CT molecular complexity index is 460. The van der Waals surface area contributed by atoms with E-state index >= 15 is 0 Å². The maximum absolute atomic E-state index is 12.2. The molecule has 0 N–H and O–H groups in total. The lowest BCUT2D eigenvalue weighted by molar-refractivity contribution is -0.163. The topological polar surface area (TPSA) is 61.8 Å². The third kappa shape index (κ3) is 5.18. The number of hydrogen-bond donors (Lipinski definition) is 0. The van der Waals surface area contributed by atoms with Gasteiger partial charge in [-0.1, -0.05) is 32.9 Å². The minimum atomic E-state index is -1.90. The molecular formula is C18H32O5Si. The minimum absolute atomic E-state index is 0.0674. The molecule has 0 spiro atoms. The van der Waals surface area contributed by atoms with Crippen molar-refractivity contribution >= 4 is 20.3 Å². The van der Waals surface area contributed by atoms with Crippen molar-refractivity contribution in [3.8, 4) is 0 Å². The zero-order chi connectivity index (χ0) is 18.5. The average molecular weight is 357 g/mol. The SMILES string of the molecule is CCOC(=O)C(C(=O)OCC)[C@H]1C=C[C@@H](O[Si](C)(C)C(C)(C)C)C1. The first kappa shape index (κ1) is 20.9. The van der Waals surface area contributed by atoms with Gasteiger partial charge < -0.3 is 13.9 Å². The van der Waals surface area contributed by atoms with Crippen molar-refractivity contribution in [3.63, 3.8) is 0 Å². The maximum atomic E-state index is 12.2. The van der Waals surface area contributed by atoms with Gasteiger partial charge in [-0.25, -0.2) is 0 Å². The standard InChI is InChI=1S/C18H32O5Si/c1-8-21-16(19)15(17(20)22-9-2)13-10-11-14(12-13)23-24(6,7)18(3,4)5/h10-11,13-15H,8-9,12H2,1-7H3/t13-,14+/m0/s1. The molecule has 0 saturated carbocycles. The van der Waals surface area contributed by atoms with Gasteiger partial charge in [-0.2, -0.15) is 0 Å². The number of allylic oxidation sites excluding steroid dienone is 1. The highest BCUT2D eigenvalue weighted by molar-refractivity contribution is 6.74. The van der Waals surface area contributed by atoms with Crippen LogP contribution in [0.3, 0.4) is 0 Å². The van der Waals surface area contributed by atoms with Crippen molar-refractivity contribution in [2.45, 2.75) is 65.3 Å². The first-order chi connectivity index (χ1) is 11.0. The molecule has 0 radical (unpaired) electrons. The van der Waals surface area contributed by atoms with Gasteiger partial charge in [0.15, 0.2) is 14.2 Å². The predicted octanol–water partition coefficient (Wildman–Crippen LogP) is 3.70. The van der Waals surface area contributed by atoms with E-state index in [1.165, 1.54) is 0 Å². The van der Waals surface area contributed by atoms with Gasteiger partial charge >= 0.3 is 11.9 Å². The number of esters is 2. The lowest BCUT2D eigenvalue weighted by Gasteiger charge is -2.38. The summed E-state index contributed by atoms with van der Waals surface area (Å²) in [6.45, 7) is 14.9. The van der Waals surface area contributed by atoms with Gasteiger partial charge in [-0.05, 0) is 38.4 Å². The smallest absolute Gasteiger partial charge is 0.320 e. The predicted molar refractivity (Wildman–Crippen MR) is 96.1 cm³/mol. The van der Waals surface area contributed by atoms with Crippen molar-refractivity contribution in [3.05, 3.63) is 12.2 Å². The van der Waals surface area contributed by atoms with Gasteiger partial charge in [0.25, 0.3) is 0 Å². The number of ether oxygens (including phenoxy) is 2. The lowest BCUT2D eigenvalue weighted by Crippen LogP contribution is -2.43. The van der Waals surface area contributed by atoms with E-state index in [4.69, 9.17) is 13.9 Å². The Morgan fingerprint density at radius 3 is 2.00 bits per heavy atom. The molecule has 1 aliphatic rings. The quantitative estimate of drug-likeness (QED) is 0.301. The van der Waals surface area contributed by atoms with Crippen LogP contribution in [0.1, 0.15) is 41.0 Å². The fraction of sp³-hybridized carbons (Fsp3) is 0.778. The van der Waals surface area contributed by atoms with Crippen molar-refractivity contribution in [2.24, 2.45) is 11.8 Å². The molecular weight excluding hydrogens is 324 g/mol. The van der Waals surface area contributed by atoms with Crippen LogP contribution in [-0.2, 0) is 23.5 Å². The van der Waals surface area contributed by atoms with Gasteiger partial charge in [-0.3, -0.25) is 9.59 Å². The van der Waals surface area contributed by atoms with Crippen molar-refractivity contribution in [1.82, 2.24) is 0 Å². The summed E-state index contributed by atoms with van der Waals surface area (Å²) in [5.74, 6) is -2.18. The molecule has 0 fully saturated rings. The van der Waals surface area contributed by atoms with E-state index in [0.717, 1.165) is 0 Å². The molecule has 0 aromatic carbocycles. The van der Waals surface area contributed by atoms with Crippen LogP contribution in [-0.4, -0.2) is 39.6 Å². The summed E-state index contributed by atoms with van der Waals surface area (Å²) in [6.07, 6.45) is 4.41. The molecule has 0 aromatic heterocycles. The van der Waals surface area contributed by atoms with Crippen LogP contribution < -0.4 is 0 Å². The largest absolute Gasteiger partial charge is 0.465 e. The van der Waals surface area contributed by atoms with Gasteiger partial charge in [-0.15, -0.1) is 0 Å². The van der Waals surface area contributed by atoms with Crippen LogP contribution >= 0.6 is 0 Å².